The first-order chi connectivity index (χ1) is 13.1. The van der Waals surface area contributed by atoms with Crippen LogP contribution in [0.15, 0.2) is 35.6 Å². The molecule has 8 heteroatoms. The number of aliphatic imine (C=N–C) groups is 1. The lowest BCUT2D eigenvalue weighted by atomic mass is 10.0. The largest absolute Gasteiger partial charge is 0.492 e. The maximum absolute atomic E-state index is 13.2. The van der Waals surface area contributed by atoms with E-state index in [9.17, 15) is 8.78 Å². The minimum absolute atomic E-state index is 0.292. The third kappa shape index (κ3) is 4.96. The molecule has 3 rings (SSSR count). The summed E-state index contributed by atoms with van der Waals surface area (Å²) in [6, 6.07) is 3.51. The number of halogens is 2. The summed E-state index contributed by atoms with van der Waals surface area (Å²) in [5.74, 6) is -0.208. The molecule has 0 aliphatic carbocycles. The van der Waals surface area contributed by atoms with E-state index in [2.05, 4.69) is 26.5 Å². The molecule has 0 bridgehead atoms. The second-order valence-electron chi connectivity index (χ2n) is 6.54. The van der Waals surface area contributed by atoms with Crippen molar-refractivity contribution in [3.8, 4) is 5.75 Å². The van der Waals surface area contributed by atoms with Crippen LogP contribution in [0.5, 0.6) is 5.75 Å². The van der Waals surface area contributed by atoms with E-state index in [-0.39, 0.29) is 0 Å². The quantitative estimate of drug-likeness (QED) is 0.478. The number of nitrogens with one attached hydrogen (secondary N) is 1. The highest BCUT2D eigenvalue weighted by Crippen LogP contribution is 2.26. The van der Waals surface area contributed by atoms with Crippen LogP contribution < -0.4 is 10.1 Å². The fourth-order valence-electron chi connectivity index (χ4n) is 3.18. The molecule has 0 saturated carbocycles. The van der Waals surface area contributed by atoms with Gasteiger partial charge in [-0.25, -0.2) is 13.8 Å². The number of hydrogen-bond donors (Lipinski definition) is 1. The highest BCUT2D eigenvalue weighted by Gasteiger charge is 2.26. The fourth-order valence-corrected chi connectivity index (χ4v) is 3.18. The summed E-state index contributed by atoms with van der Waals surface area (Å²) in [5.41, 5.74) is 1.25. The molecule has 2 aromatic rings. The van der Waals surface area contributed by atoms with E-state index in [1.807, 2.05) is 24.9 Å². The van der Waals surface area contributed by atoms with Gasteiger partial charge in [0, 0.05) is 44.9 Å². The SMILES string of the molecule is CCNC(=NCCOc1ccc(F)c(F)c1)N1CCC(c2cnn(C)c2)C1. The zero-order valence-electron chi connectivity index (χ0n) is 15.7. The van der Waals surface area contributed by atoms with Crippen LogP contribution >= 0.6 is 0 Å². The topological polar surface area (TPSA) is 54.7 Å². The number of likely N-dealkylation sites (tertiary alicyclic amines) is 1. The molecule has 2 heterocycles. The van der Waals surface area contributed by atoms with Crippen molar-refractivity contribution >= 4 is 5.96 Å². The van der Waals surface area contributed by atoms with Crippen molar-refractivity contribution in [3.63, 3.8) is 0 Å². The van der Waals surface area contributed by atoms with Gasteiger partial charge in [-0.05, 0) is 31.0 Å². The van der Waals surface area contributed by atoms with Crippen LogP contribution in [-0.2, 0) is 7.05 Å². The Morgan fingerprint density at radius 1 is 1.37 bits per heavy atom. The fraction of sp³-hybridized carbons (Fsp3) is 0.474. The lowest BCUT2D eigenvalue weighted by Gasteiger charge is -2.21. The predicted octanol–water partition coefficient (Wildman–Crippen LogP) is 2.53. The van der Waals surface area contributed by atoms with Crippen molar-refractivity contribution in [2.75, 3.05) is 32.8 Å². The van der Waals surface area contributed by atoms with Crippen LogP contribution in [0, 0.1) is 11.6 Å². The maximum atomic E-state index is 13.2. The number of guanidine groups is 1. The van der Waals surface area contributed by atoms with Gasteiger partial charge in [0.05, 0.1) is 12.7 Å². The normalized spacial score (nSPS) is 17.4. The molecule has 0 amide bonds. The van der Waals surface area contributed by atoms with E-state index in [1.54, 1.807) is 0 Å². The van der Waals surface area contributed by atoms with Crippen LogP contribution in [0.2, 0.25) is 0 Å². The van der Waals surface area contributed by atoms with Crippen molar-refractivity contribution in [1.82, 2.24) is 20.0 Å². The zero-order valence-corrected chi connectivity index (χ0v) is 15.7. The van der Waals surface area contributed by atoms with Gasteiger partial charge < -0.3 is 15.0 Å². The number of aryl methyl sites for hydroxylation is 1. The van der Waals surface area contributed by atoms with Gasteiger partial charge in [-0.2, -0.15) is 5.10 Å². The summed E-state index contributed by atoms with van der Waals surface area (Å²) in [6.45, 7) is 5.34. The van der Waals surface area contributed by atoms with Gasteiger partial charge in [-0.1, -0.05) is 0 Å². The molecule has 0 spiro atoms. The highest BCUT2D eigenvalue weighted by molar-refractivity contribution is 5.80. The average molecular weight is 377 g/mol. The minimum Gasteiger partial charge on any atom is -0.492 e. The second kappa shape index (κ2) is 8.83. The summed E-state index contributed by atoms with van der Waals surface area (Å²) in [5, 5.41) is 7.56. The second-order valence-corrected chi connectivity index (χ2v) is 6.54. The number of nitrogens with zero attached hydrogens (tertiary/aromatic N) is 4. The Hall–Kier alpha value is -2.64. The van der Waals surface area contributed by atoms with Crippen molar-refractivity contribution in [2.45, 2.75) is 19.3 Å². The van der Waals surface area contributed by atoms with Crippen molar-refractivity contribution < 1.29 is 13.5 Å². The highest BCUT2D eigenvalue weighted by atomic mass is 19.2. The van der Waals surface area contributed by atoms with E-state index in [1.165, 1.54) is 11.6 Å². The summed E-state index contributed by atoms with van der Waals surface area (Å²) < 4.78 is 33.4. The third-order valence-corrected chi connectivity index (χ3v) is 4.53. The summed E-state index contributed by atoms with van der Waals surface area (Å²) >= 11 is 0. The molecule has 146 valence electrons. The Bertz CT molecular complexity index is 792. The van der Waals surface area contributed by atoms with Gasteiger partial charge in [-0.3, -0.25) is 4.68 Å². The Morgan fingerprint density at radius 2 is 2.22 bits per heavy atom. The molecule has 1 unspecified atom stereocenters. The van der Waals surface area contributed by atoms with E-state index < -0.39 is 11.6 Å². The third-order valence-electron chi connectivity index (χ3n) is 4.53. The van der Waals surface area contributed by atoms with E-state index in [0.717, 1.165) is 44.1 Å². The molecule has 6 nitrogen and oxygen atoms in total. The molecule has 1 aromatic heterocycles. The van der Waals surface area contributed by atoms with Crippen LogP contribution in [0.1, 0.15) is 24.8 Å². The Labute approximate surface area is 157 Å². The number of aromatic nitrogens is 2. The molecule has 1 atom stereocenters. The monoisotopic (exact) mass is 377 g/mol. The summed E-state index contributed by atoms with van der Waals surface area (Å²) in [4.78, 5) is 6.84. The summed E-state index contributed by atoms with van der Waals surface area (Å²) in [6.07, 6.45) is 5.04. The Balaban J connectivity index is 1.54. The molecule has 1 aliphatic heterocycles. The van der Waals surface area contributed by atoms with Gasteiger partial charge in [0.2, 0.25) is 0 Å². The lowest BCUT2D eigenvalue weighted by molar-refractivity contribution is 0.324. The molecular formula is C19H25F2N5O. The molecule has 0 radical (unpaired) electrons. The molecule has 1 N–H and O–H groups in total. The first-order valence-corrected chi connectivity index (χ1v) is 9.16. The number of benzene rings is 1. The van der Waals surface area contributed by atoms with Gasteiger partial charge in [0.25, 0.3) is 0 Å². The smallest absolute Gasteiger partial charge is 0.194 e. The minimum atomic E-state index is -0.914. The Morgan fingerprint density at radius 3 is 2.93 bits per heavy atom. The van der Waals surface area contributed by atoms with Crippen LogP contribution in [0.25, 0.3) is 0 Å². The molecule has 1 fully saturated rings. The van der Waals surface area contributed by atoms with Crippen LogP contribution in [-0.4, -0.2) is 53.4 Å². The Kier molecular flexibility index (Phi) is 6.26. The van der Waals surface area contributed by atoms with Gasteiger partial charge >= 0.3 is 0 Å². The van der Waals surface area contributed by atoms with E-state index in [0.29, 0.717) is 24.8 Å². The maximum Gasteiger partial charge on any atom is 0.194 e. The standard InChI is InChI=1S/C19H25F2N5O/c1-3-22-19(23-7-9-27-16-4-5-17(20)18(21)10-16)26-8-6-14(13-26)15-11-24-25(2)12-15/h4-5,10-12,14H,3,6-9,13H2,1-2H3,(H,22,23). The van der Waals surface area contributed by atoms with Crippen molar-refractivity contribution in [3.05, 3.63) is 47.8 Å². The number of ether oxygens (including phenoxy) is 1. The van der Waals surface area contributed by atoms with E-state index in [4.69, 9.17) is 4.74 Å². The molecule has 1 saturated heterocycles. The number of rotatable bonds is 6. The predicted molar refractivity (Wildman–Crippen MR) is 100.0 cm³/mol. The van der Waals surface area contributed by atoms with Gasteiger partial charge in [0.15, 0.2) is 17.6 Å². The first-order valence-electron chi connectivity index (χ1n) is 9.16. The van der Waals surface area contributed by atoms with Gasteiger partial charge in [-0.15, -0.1) is 0 Å². The molecule has 1 aromatic carbocycles. The van der Waals surface area contributed by atoms with Crippen molar-refractivity contribution in [2.24, 2.45) is 12.0 Å². The summed E-state index contributed by atoms with van der Waals surface area (Å²) in [7, 11) is 1.93. The first kappa shape index (κ1) is 19.1. The van der Waals surface area contributed by atoms with Crippen molar-refractivity contribution in [1.29, 1.82) is 0 Å². The number of hydrogen-bond acceptors (Lipinski definition) is 3. The average Bonchev–Trinajstić information content (AvgIpc) is 3.29. The van der Waals surface area contributed by atoms with Gasteiger partial charge in [0.1, 0.15) is 12.4 Å². The molecular weight excluding hydrogens is 352 g/mol. The van der Waals surface area contributed by atoms with E-state index >= 15 is 0 Å². The molecule has 1 aliphatic rings. The van der Waals surface area contributed by atoms with Crippen LogP contribution in [0.4, 0.5) is 8.78 Å². The van der Waals surface area contributed by atoms with Crippen LogP contribution in [0.3, 0.4) is 0 Å². The molecule has 27 heavy (non-hydrogen) atoms. The lowest BCUT2D eigenvalue weighted by Crippen LogP contribution is -2.40. The zero-order chi connectivity index (χ0) is 19.2.